The molecule has 0 atom stereocenters. The Labute approximate surface area is 135 Å². The van der Waals surface area contributed by atoms with Crippen LogP contribution in [-0.2, 0) is 11.8 Å². The van der Waals surface area contributed by atoms with E-state index in [2.05, 4.69) is 34.6 Å². The predicted molar refractivity (Wildman–Crippen MR) is 98.9 cm³/mol. The molecule has 3 rings (SSSR count). The van der Waals surface area contributed by atoms with E-state index in [0.717, 1.165) is 22.8 Å². The van der Waals surface area contributed by atoms with Crippen LogP contribution in [0.4, 0.5) is 0 Å². The third-order valence-corrected chi connectivity index (χ3v) is 8.36. The normalized spacial score (nSPS) is 17.0. The Balaban J connectivity index is 1.99. The second kappa shape index (κ2) is 6.78. The molecule has 2 aromatic carbocycles. The summed E-state index contributed by atoms with van der Waals surface area (Å²) in [5, 5.41) is 10.3. The zero-order valence-electron chi connectivity index (χ0n) is 11.6. The Morgan fingerprint density at radius 1 is 0.952 bits per heavy atom. The SMILES string of the molecule is S=P(NN=C1CCSC1)(c1ccccc1)c1ccccc1. The molecule has 0 saturated carbocycles. The van der Waals surface area contributed by atoms with Gasteiger partial charge in [-0.1, -0.05) is 72.5 Å². The van der Waals surface area contributed by atoms with Crippen LogP contribution in [0.1, 0.15) is 6.42 Å². The van der Waals surface area contributed by atoms with Gasteiger partial charge < -0.3 is 0 Å². The van der Waals surface area contributed by atoms with Gasteiger partial charge in [0.1, 0.15) is 6.19 Å². The van der Waals surface area contributed by atoms with Gasteiger partial charge >= 0.3 is 0 Å². The molecular weight excluding hydrogens is 315 g/mol. The van der Waals surface area contributed by atoms with Crippen molar-refractivity contribution >= 4 is 46.1 Å². The second-order valence-electron chi connectivity index (χ2n) is 4.86. The number of rotatable bonds is 4. The Morgan fingerprint density at radius 2 is 1.52 bits per heavy atom. The highest BCUT2D eigenvalue weighted by atomic mass is 32.4. The van der Waals surface area contributed by atoms with Gasteiger partial charge in [-0.2, -0.15) is 16.9 Å². The summed E-state index contributed by atoms with van der Waals surface area (Å²) in [5.41, 5.74) is 1.22. The molecule has 108 valence electrons. The fraction of sp³-hybridized carbons (Fsp3) is 0.188. The summed E-state index contributed by atoms with van der Waals surface area (Å²) in [6, 6.07) is 20.6. The molecule has 0 amide bonds. The van der Waals surface area contributed by atoms with E-state index in [-0.39, 0.29) is 0 Å². The van der Waals surface area contributed by atoms with Crippen LogP contribution in [0.2, 0.25) is 0 Å². The maximum absolute atomic E-state index is 6.06. The largest absolute Gasteiger partial charge is 0.272 e. The number of hydrogen-bond acceptors (Lipinski definition) is 3. The molecule has 21 heavy (non-hydrogen) atoms. The molecule has 0 unspecified atom stereocenters. The molecule has 2 nitrogen and oxygen atoms in total. The number of hydrogen-bond donors (Lipinski definition) is 1. The minimum Gasteiger partial charge on any atom is -0.272 e. The summed E-state index contributed by atoms with van der Waals surface area (Å²) in [6.45, 7) is 0. The fourth-order valence-electron chi connectivity index (χ4n) is 2.22. The first kappa shape index (κ1) is 14.8. The number of nitrogens with zero attached hydrogens (tertiary/aromatic N) is 1. The zero-order chi connectivity index (χ0) is 14.5. The van der Waals surface area contributed by atoms with E-state index in [1.54, 1.807) is 0 Å². The third-order valence-electron chi connectivity index (χ3n) is 3.39. The number of hydrazone groups is 1. The van der Waals surface area contributed by atoms with Crippen molar-refractivity contribution in [2.45, 2.75) is 6.42 Å². The van der Waals surface area contributed by atoms with Gasteiger partial charge in [-0.05, 0) is 12.2 Å². The Bertz CT molecular complexity index is 620. The van der Waals surface area contributed by atoms with Crippen molar-refractivity contribution in [3.05, 3.63) is 60.7 Å². The second-order valence-corrected chi connectivity index (χ2v) is 10.1. The van der Waals surface area contributed by atoms with E-state index in [1.807, 2.05) is 48.2 Å². The maximum Gasteiger partial charge on any atom is 0.106 e. The van der Waals surface area contributed by atoms with Crippen molar-refractivity contribution in [3.8, 4) is 0 Å². The third kappa shape index (κ3) is 3.39. The Morgan fingerprint density at radius 3 is 2.00 bits per heavy atom. The summed E-state index contributed by atoms with van der Waals surface area (Å²) in [4.78, 5) is 0. The highest BCUT2D eigenvalue weighted by molar-refractivity contribution is 8.20. The molecule has 0 bridgehead atoms. The molecule has 1 aliphatic heterocycles. The summed E-state index contributed by atoms with van der Waals surface area (Å²) >= 11 is 7.99. The predicted octanol–water partition coefficient (Wildman–Crippen LogP) is 3.11. The van der Waals surface area contributed by atoms with E-state index in [1.165, 1.54) is 11.5 Å². The van der Waals surface area contributed by atoms with Gasteiger partial charge in [-0.25, -0.2) is 0 Å². The van der Waals surface area contributed by atoms with Crippen LogP contribution in [0, 0.1) is 0 Å². The molecule has 0 spiro atoms. The van der Waals surface area contributed by atoms with E-state index in [9.17, 15) is 0 Å². The smallest absolute Gasteiger partial charge is 0.106 e. The molecule has 0 aromatic heterocycles. The van der Waals surface area contributed by atoms with Crippen LogP contribution < -0.4 is 15.8 Å². The summed E-state index contributed by atoms with van der Waals surface area (Å²) in [5.74, 6) is 2.19. The molecule has 2 aromatic rings. The van der Waals surface area contributed by atoms with Crippen LogP contribution in [0.25, 0.3) is 0 Å². The van der Waals surface area contributed by atoms with Crippen molar-refractivity contribution < 1.29 is 0 Å². The van der Waals surface area contributed by atoms with Crippen molar-refractivity contribution in [1.29, 1.82) is 0 Å². The van der Waals surface area contributed by atoms with Gasteiger partial charge in [0.2, 0.25) is 0 Å². The van der Waals surface area contributed by atoms with Crippen LogP contribution in [-0.4, -0.2) is 17.2 Å². The first-order valence-corrected chi connectivity index (χ1v) is 10.9. The number of benzene rings is 2. The fourth-order valence-corrected chi connectivity index (χ4v) is 6.04. The maximum atomic E-state index is 6.06. The topological polar surface area (TPSA) is 24.4 Å². The molecule has 0 aliphatic carbocycles. The van der Waals surface area contributed by atoms with Crippen molar-refractivity contribution in [2.24, 2.45) is 5.10 Å². The standard InChI is InChI=1S/C16H17N2PS2/c20-19(15-7-3-1-4-8-15,16-9-5-2-6-10-16)18-17-14-11-12-21-13-14/h1-10H,11-13H2,(H,18,20). The van der Waals surface area contributed by atoms with Crippen LogP contribution in [0.3, 0.4) is 0 Å². The average molecular weight is 332 g/mol. The molecular formula is C16H17N2PS2. The van der Waals surface area contributed by atoms with Gasteiger partial charge in [0.25, 0.3) is 0 Å². The van der Waals surface area contributed by atoms with Gasteiger partial charge in [0, 0.05) is 22.1 Å². The van der Waals surface area contributed by atoms with Crippen LogP contribution in [0.5, 0.6) is 0 Å². The highest BCUT2D eigenvalue weighted by Gasteiger charge is 2.22. The van der Waals surface area contributed by atoms with E-state index >= 15 is 0 Å². The minimum atomic E-state index is -2.09. The van der Waals surface area contributed by atoms with E-state index in [4.69, 9.17) is 11.8 Å². The van der Waals surface area contributed by atoms with Gasteiger partial charge in [-0.15, -0.1) is 0 Å². The van der Waals surface area contributed by atoms with Crippen LogP contribution >= 0.6 is 18.0 Å². The molecule has 1 heterocycles. The van der Waals surface area contributed by atoms with E-state index in [0.29, 0.717) is 0 Å². The molecule has 1 saturated heterocycles. The first-order chi connectivity index (χ1) is 10.3. The lowest BCUT2D eigenvalue weighted by molar-refractivity contribution is 1.08. The van der Waals surface area contributed by atoms with E-state index < -0.39 is 6.19 Å². The van der Waals surface area contributed by atoms with Crippen molar-refractivity contribution in [3.63, 3.8) is 0 Å². The molecule has 5 heteroatoms. The molecule has 1 N–H and O–H groups in total. The number of thioether (sulfide) groups is 1. The van der Waals surface area contributed by atoms with Gasteiger partial charge in [0.05, 0.1) is 0 Å². The van der Waals surface area contributed by atoms with Crippen LogP contribution in [0.15, 0.2) is 65.8 Å². The van der Waals surface area contributed by atoms with Gasteiger partial charge in [0.15, 0.2) is 0 Å². The average Bonchev–Trinajstić information content (AvgIpc) is 3.08. The van der Waals surface area contributed by atoms with Gasteiger partial charge in [-0.3, -0.25) is 5.20 Å². The quantitative estimate of drug-likeness (QED) is 0.688. The zero-order valence-corrected chi connectivity index (χ0v) is 14.1. The monoisotopic (exact) mass is 332 g/mol. The summed E-state index contributed by atoms with van der Waals surface area (Å²) < 4.78 is 0. The Kier molecular flexibility index (Phi) is 4.79. The molecule has 1 aliphatic rings. The lowest BCUT2D eigenvalue weighted by Crippen LogP contribution is -2.25. The molecule has 1 fully saturated rings. The first-order valence-electron chi connectivity index (χ1n) is 6.91. The summed E-state index contributed by atoms with van der Waals surface area (Å²) in [6.07, 6.45) is -1.02. The lowest BCUT2D eigenvalue weighted by Gasteiger charge is -2.23. The van der Waals surface area contributed by atoms with Crippen molar-refractivity contribution in [2.75, 3.05) is 11.5 Å². The minimum absolute atomic E-state index is 1.02. The Hall–Kier alpha value is -1.09. The molecule has 0 radical (unpaired) electrons. The highest BCUT2D eigenvalue weighted by Crippen LogP contribution is 2.39. The lowest BCUT2D eigenvalue weighted by atomic mass is 10.3. The number of nitrogens with one attached hydrogen (secondary N) is 1. The summed E-state index contributed by atoms with van der Waals surface area (Å²) in [7, 11) is 0. The van der Waals surface area contributed by atoms with Crippen molar-refractivity contribution in [1.82, 2.24) is 5.20 Å².